The first-order chi connectivity index (χ1) is 12.4. The zero-order valence-electron chi connectivity index (χ0n) is 16.7. The largest absolute Gasteiger partial charge is 0.309 e. The molecule has 154 valence electrons. The SMILES string of the molecule is Cl.Cl.c1ccc([C@@H]2CN(CC3CCCCC3)C[C@H]2NC2CCCCC2)cc1. The Labute approximate surface area is 178 Å². The van der Waals surface area contributed by atoms with Gasteiger partial charge in [0.25, 0.3) is 0 Å². The molecule has 0 radical (unpaired) electrons. The minimum Gasteiger partial charge on any atom is -0.309 e. The van der Waals surface area contributed by atoms with Gasteiger partial charge in [0.15, 0.2) is 0 Å². The van der Waals surface area contributed by atoms with Gasteiger partial charge < -0.3 is 10.2 Å². The molecule has 4 rings (SSSR count). The van der Waals surface area contributed by atoms with E-state index in [1.54, 1.807) is 5.56 Å². The third-order valence-electron chi connectivity index (χ3n) is 6.92. The van der Waals surface area contributed by atoms with Gasteiger partial charge in [-0.2, -0.15) is 0 Å². The van der Waals surface area contributed by atoms with Crippen molar-refractivity contribution in [3.05, 3.63) is 35.9 Å². The molecular weight excluding hydrogens is 375 g/mol. The molecule has 1 aromatic rings. The molecule has 2 aliphatic carbocycles. The summed E-state index contributed by atoms with van der Waals surface area (Å²) in [5, 5.41) is 4.09. The van der Waals surface area contributed by atoms with Crippen LogP contribution in [-0.2, 0) is 0 Å². The minimum atomic E-state index is 0. The summed E-state index contributed by atoms with van der Waals surface area (Å²) >= 11 is 0. The third-order valence-corrected chi connectivity index (χ3v) is 6.92. The highest BCUT2D eigenvalue weighted by molar-refractivity contribution is 5.85. The lowest BCUT2D eigenvalue weighted by Crippen LogP contribution is -2.43. The Balaban J connectivity index is 0.00000131. The topological polar surface area (TPSA) is 15.3 Å². The maximum absolute atomic E-state index is 4.09. The average Bonchev–Trinajstić information content (AvgIpc) is 3.06. The lowest BCUT2D eigenvalue weighted by Gasteiger charge is -2.29. The second-order valence-corrected chi connectivity index (χ2v) is 8.85. The van der Waals surface area contributed by atoms with Gasteiger partial charge >= 0.3 is 0 Å². The Kier molecular flexibility index (Phi) is 9.93. The van der Waals surface area contributed by atoms with Crippen LogP contribution in [0, 0.1) is 5.92 Å². The first-order valence-electron chi connectivity index (χ1n) is 10.9. The van der Waals surface area contributed by atoms with Crippen molar-refractivity contribution in [3.8, 4) is 0 Å². The van der Waals surface area contributed by atoms with E-state index < -0.39 is 0 Å². The summed E-state index contributed by atoms with van der Waals surface area (Å²) in [6.07, 6.45) is 14.4. The Morgan fingerprint density at radius 3 is 2.07 bits per heavy atom. The van der Waals surface area contributed by atoms with Crippen molar-refractivity contribution in [1.82, 2.24) is 10.2 Å². The van der Waals surface area contributed by atoms with Crippen LogP contribution in [0.2, 0.25) is 0 Å². The van der Waals surface area contributed by atoms with E-state index in [0.717, 1.165) is 12.0 Å². The predicted molar refractivity (Wildman–Crippen MR) is 120 cm³/mol. The highest BCUT2D eigenvalue weighted by atomic mass is 35.5. The fourth-order valence-electron chi connectivity index (χ4n) is 5.55. The Morgan fingerprint density at radius 1 is 0.778 bits per heavy atom. The molecule has 0 spiro atoms. The number of nitrogens with one attached hydrogen (secondary N) is 1. The second-order valence-electron chi connectivity index (χ2n) is 8.85. The van der Waals surface area contributed by atoms with Gasteiger partial charge in [0.2, 0.25) is 0 Å². The molecule has 1 aliphatic heterocycles. The standard InChI is InChI=1S/C23H36N2.2ClH/c1-4-10-19(11-5-1)16-25-17-22(20-12-6-2-7-13-20)23(18-25)24-21-14-8-3-9-15-21;;/h2,6-7,12-13,19,21-24H,1,3-5,8-11,14-18H2;2*1H/t22-,23+;;/m0../s1. The van der Waals surface area contributed by atoms with E-state index >= 15 is 0 Å². The van der Waals surface area contributed by atoms with Crippen LogP contribution in [0.3, 0.4) is 0 Å². The summed E-state index contributed by atoms with van der Waals surface area (Å²) in [6.45, 7) is 3.85. The summed E-state index contributed by atoms with van der Waals surface area (Å²) in [4.78, 5) is 2.79. The van der Waals surface area contributed by atoms with Gasteiger partial charge in [-0.15, -0.1) is 24.8 Å². The molecule has 1 aromatic carbocycles. The fraction of sp³-hybridized carbons (Fsp3) is 0.739. The van der Waals surface area contributed by atoms with Gasteiger partial charge in [0.05, 0.1) is 0 Å². The molecule has 4 heteroatoms. The maximum atomic E-state index is 4.09. The Hall–Kier alpha value is -0.280. The lowest BCUT2D eigenvalue weighted by molar-refractivity contribution is 0.226. The van der Waals surface area contributed by atoms with Gasteiger partial charge in [-0.3, -0.25) is 0 Å². The van der Waals surface area contributed by atoms with E-state index in [-0.39, 0.29) is 24.8 Å². The van der Waals surface area contributed by atoms with Crippen LogP contribution in [0.15, 0.2) is 30.3 Å². The van der Waals surface area contributed by atoms with Crippen molar-refractivity contribution in [2.24, 2.45) is 5.92 Å². The van der Waals surface area contributed by atoms with E-state index in [0.29, 0.717) is 12.0 Å². The molecule has 27 heavy (non-hydrogen) atoms. The molecular formula is C23H38Cl2N2. The van der Waals surface area contributed by atoms with Gasteiger partial charge in [0, 0.05) is 37.6 Å². The van der Waals surface area contributed by atoms with Crippen LogP contribution in [0.4, 0.5) is 0 Å². The Bertz CT molecular complexity index is 512. The molecule has 2 saturated carbocycles. The van der Waals surface area contributed by atoms with E-state index in [9.17, 15) is 0 Å². The predicted octanol–water partition coefficient (Wildman–Crippen LogP) is 5.80. The molecule has 1 N–H and O–H groups in total. The van der Waals surface area contributed by atoms with Crippen molar-refractivity contribution >= 4 is 24.8 Å². The van der Waals surface area contributed by atoms with Crippen molar-refractivity contribution in [1.29, 1.82) is 0 Å². The van der Waals surface area contributed by atoms with Crippen LogP contribution in [0.1, 0.15) is 75.7 Å². The summed E-state index contributed by atoms with van der Waals surface area (Å²) in [5.74, 6) is 1.63. The lowest BCUT2D eigenvalue weighted by atomic mass is 9.89. The molecule has 3 aliphatic rings. The van der Waals surface area contributed by atoms with E-state index in [2.05, 4.69) is 40.5 Å². The van der Waals surface area contributed by atoms with Crippen LogP contribution >= 0.6 is 24.8 Å². The van der Waals surface area contributed by atoms with Crippen molar-refractivity contribution in [2.45, 2.75) is 82.2 Å². The number of hydrogen-bond donors (Lipinski definition) is 1. The van der Waals surface area contributed by atoms with Crippen molar-refractivity contribution in [2.75, 3.05) is 19.6 Å². The second kappa shape index (κ2) is 11.7. The van der Waals surface area contributed by atoms with Gasteiger partial charge in [-0.25, -0.2) is 0 Å². The average molecular weight is 413 g/mol. The number of likely N-dealkylation sites (tertiary alicyclic amines) is 1. The summed E-state index contributed by atoms with van der Waals surface area (Å²) in [6, 6.07) is 12.7. The quantitative estimate of drug-likeness (QED) is 0.656. The van der Waals surface area contributed by atoms with Crippen LogP contribution in [-0.4, -0.2) is 36.6 Å². The molecule has 0 aromatic heterocycles. The monoisotopic (exact) mass is 412 g/mol. The first kappa shape index (κ1) is 23.0. The number of nitrogens with zero attached hydrogens (tertiary/aromatic N) is 1. The normalized spacial score (nSPS) is 27.7. The number of halogens is 2. The summed E-state index contributed by atoms with van der Waals surface area (Å²) < 4.78 is 0. The number of hydrogen-bond acceptors (Lipinski definition) is 2. The number of benzene rings is 1. The summed E-state index contributed by atoms with van der Waals surface area (Å²) in [7, 11) is 0. The van der Waals surface area contributed by atoms with Gasteiger partial charge in [-0.05, 0) is 37.2 Å². The maximum Gasteiger partial charge on any atom is 0.0278 e. The van der Waals surface area contributed by atoms with Crippen molar-refractivity contribution < 1.29 is 0 Å². The zero-order chi connectivity index (χ0) is 16.9. The summed E-state index contributed by atoms with van der Waals surface area (Å²) in [5.41, 5.74) is 1.54. The first-order valence-corrected chi connectivity index (χ1v) is 10.9. The van der Waals surface area contributed by atoms with Gasteiger partial charge in [0.1, 0.15) is 0 Å². The van der Waals surface area contributed by atoms with E-state index in [4.69, 9.17) is 0 Å². The molecule has 2 atom stereocenters. The molecule has 1 heterocycles. The minimum absolute atomic E-state index is 0. The van der Waals surface area contributed by atoms with E-state index in [1.807, 2.05) is 0 Å². The highest BCUT2D eigenvalue weighted by Gasteiger charge is 2.35. The molecule has 3 fully saturated rings. The smallest absolute Gasteiger partial charge is 0.0278 e. The highest BCUT2D eigenvalue weighted by Crippen LogP contribution is 2.32. The van der Waals surface area contributed by atoms with Crippen LogP contribution in [0.5, 0.6) is 0 Å². The number of rotatable bonds is 5. The Morgan fingerprint density at radius 2 is 1.41 bits per heavy atom. The zero-order valence-corrected chi connectivity index (χ0v) is 18.3. The molecule has 0 amide bonds. The molecule has 2 nitrogen and oxygen atoms in total. The third kappa shape index (κ3) is 6.35. The van der Waals surface area contributed by atoms with Crippen LogP contribution < -0.4 is 5.32 Å². The molecule has 0 bridgehead atoms. The van der Waals surface area contributed by atoms with E-state index in [1.165, 1.54) is 83.8 Å². The molecule has 1 saturated heterocycles. The van der Waals surface area contributed by atoms with Gasteiger partial charge in [-0.1, -0.05) is 68.9 Å². The van der Waals surface area contributed by atoms with Crippen molar-refractivity contribution in [3.63, 3.8) is 0 Å². The van der Waals surface area contributed by atoms with Crippen LogP contribution in [0.25, 0.3) is 0 Å². The molecule has 0 unspecified atom stereocenters. The fourth-order valence-corrected chi connectivity index (χ4v) is 5.55.